The summed E-state index contributed by atoms with van der Waals surface area (Å²) in [5.41, 5.74) is 0. The van der Waals surface area contributed by atoms with Gasteiger partial charge in [0, 0.05) is 31.7 Å². The van der Waals surface area contributed by atoms with Crippen LogP contribution in [0.5, 0.6) is 0 Å². The van der Waals surface area contributed by atoms with Crippen molar-refractivity contribution in [2.24, 2.45) is 17.8 Å². The van der Waals surface area contributed by atoms with Crippen LogP contribution in [-0.4, -0.2) is 36.6 Å². The maximum atomic E-state index is 3.58. The first-order valence-electron chi connectivity index (χ1n) is 7.21. The van der Waals surface area contributed by atoms with E-state index in [1.165, 1.54) is 45.3 Å². The highest BCUT2D eigenvalue weighted by molar-refractivity contribution is 4.94. The van der Waals surface area contributed by atoms with E-state index in [4.69, 9.17) is 0 Å². The second-order valence-electron chi connectivity index (χ2n) is 6.45. The van der Waals surface area contributed by atoms with E-state index in [9.17, 15) is 0 Å². The average Bonchev–Trinajstić information content (AvgIpc) is 3.13. The Kier molecular flexibility index (Phi) is 2.97. The maximum absolute atomic E-state index is 3.58. The van der Waals surface area contributed by atoms with Crippen LogP contribution in [0, 0.1) is 17.8 Å². The molecule has 16 heavy (non-hydrogen) atoms. The van der Waals surface area contributed by atoms with E-state index < -0.39 is 0 Å². The molecule has 1 saturated heterocycles. The number of nitrogens with one attached hydrogen (secondary N) is 1. The van der Waals surface area contributed by atoms with E-state index in [-0.39, 0.29) is 0 Å². The Hall–Kier alpha value is -0.0800. The van der Waals surface area contributed by atoms with Crippen LogP contribution in [-0.2, 0) is 0 Å². The van der Waals surface area contributed by atoms with Gasteiger partial charge in [-0.05, 0) is 57.3 Å². The van der Waals surface area contributed by atoms with Gasteiger partial charge in [-0.25, -0.2) is 0 Å². The van der Waals surface area contributed by atoms with E-state index in [1.807, 2.05) is 0 Å². The molecule has 0 bridgehead atoms. The topological polar surface area (TPSA) is 15.3 Å². The van der Waals surface area contributed by atoms with Gasteiger partial charge in [0.15, 0.2) is 0 Å². The molecule has 0 amide bonds. The Morgan fingerprint density at radius 1 is 1.12 bits per heavy atom. The summed E-state index contributed by atoms with van der Waals surface area (Å²) in [6.45, 7) is 8.54. The summed E-state index contributed by atoms with van der Waals surface area (Å²) < 4.78 is 0. The molecule has 2 atom stereocenters. The van der Waals surface area contributed by atoms with Gasteiger partial charge in [-0.2, -0.15) is 0 Å². The monoisotopic (exact) mass is 222 g/mol. The fourth-order valence-electron chi connectivity index (χ4n) is 3.35. The van der Waals surface area contributed by atoms with E-state index in [2.05, 4.69) is 24.1 Å². The van der Waals surface area contributed by atoms with Gasteiger partial charge in [0.25, 0.3) is 0 Å². The van der Waals surface area contributed by atoms with E-state index in [0.717, 1.165) is 23.8 Å². The molecule has 2 aliphatic carbocycles. The quantitative estimate of drug-likeness (QED) is 0.783. The predicted molar refractivity (Wildman–Crippen MR) is 67.4 cm³/mol. The molecule has 2 heteroatoms. The number of nitrogens with zero attached hydrogens (tertiary/aromatic N) is 1. The summed E-state index contributed by atoms with van der Waals surface area (Å²) in [5.74, 6) is 3.25. The van der Waals surface area contributed by atoms with Crippen LogP contribution >= 0.6 is 0 Å². The summed E-state index contributed by atoms with van der Waals surface area (Å²) in [5, 5.41) is 3.58. The summed E-state index contributed by atoms with van der Waals surface area (Å²) in [6, 6.07) is 1.44. The Labute approximate surface area is 99.8 Å². The molecule has 0 radical (unpaired) electrons. The third-order valence-electron chi connectivity index (χ3n) is 4.79. The molecule has 1 aliphatic heterocycles. The molecule has 92 valence electrons. The van der Waals surface area contributed by atoms with Crippen molar-refractivity contribution in [2.75, 3.05) is 19.6 Å². The highest BCUT2D eigenvalue weighted by atomic mass is 15.2. The van der Waals surface area contributed by atoms with Crippen molar-refractivity contribution in [3.63, 3.8) is 0 Å². The molecule has 0 aromatic heterocycles. The van der Waals surface area contributed by atoms with Crippen LogP contribution in [0.1, 0.15) is 39.5 Å². The van der Waals surface area contributed by atoms with Crippen molar-refractivity contribution in [1.82, 2.24) is 10.2 Å². The molecule has 2 nitrogen and oxygen atoms in total. The van der Waals surface area contributed by atoms with E-state index in [0.29, 0.717) is 6.04 Å². The standard InChI is InChI=1S/C14H26N2/c1-10-8-16(11(2)7-15-10)9-14(12-3-4-12)13-5-6-13/h10-15H,3-9H2,1-2H3. The molecule has 1 heterocycles. The fourth-order valence-corrected chi connectivity index (χ4v) is 3.35. The molecule has 1 N–H and O–H groups in total. The smallest absolute Gasteiger partial charge is 0.0193 e. The summed E-state index contributed by atoms with van der Waals surface area (Å²) in [4.78, 5) is 2.75. The zero-order chi connectivity index (χ0) is 11.1. The second kappa shape index (κ2) is 4.30. The van der Waals surface area contributed by atoms with Crippen LogP contribution in [0.2, 0.25) is 0 Å². The number of rotatable bonds is 4. The first-order valence-corrected chi connectivity index (χ1v) is 7.21. The minimum absolute atomic E-state index is 0.690. The summed E-state index contributed by atoms with van der Waals surface area (Å²) in [6.07, 6.45) is 6.10. The Morgan fingerprint density at radius 3 is 2.31 bits per heavy atom. The first kappa shape index (κ1) is 11.0. The van der Waals surface area contributed by atoms with E-state index >= 15 is 0 Å². The molecular weight excluding hydrogens is 196 g/mol. The molecule has 3 aliphatic rings. The van der Waals surface area contributed by atoms with Crippen molar-refractivity contribution < 1.29 is 0 Å². The Balaban J connectivity index is 1.58. The minimum Gasteiger partial charge on any atom is -0.311 e. The minimum atomic E-state index is 0.690. The SMILES string of the molecule is CC1CN(CC(C2CC2)C2CC2)C(C)CN1. The summed E-state index contributed by atoms with van der Waals surface area (Å²) >= 11 is 0. The third-order valence-corrected chi connectivity index (χ3v) is 4.79. The molecule has 3 rings (SSSR count). The van der Waals surface area contributed by atoms with E-state index in [1.54, 1.807) is 0 Å². The lowest BCUT2D eigenvalue weighted by molar-refractivity contribution is 0.112. The van der Waals surface area contributed by atoms with Crippen LogP contribution in [0.15, 0.2) is 0 Å². The molecule has 0 spiro atoms. The third kappa shape index (κ3) is 2.43. The highest BCUT2D eigenvalue weighted by Gasteiger charge is 2.42. The van der Waals surface area contributed by atoms with Gasteiger partial charge in [-0.1, -0.05) is 0 Å². The van der Waals surface area contributed by atoms with Crippen molar-refractivity contribution in [2.45, 2.75) is 51.6 Å². The Bertz CT molecular complexity index is 233. The molecule has 2 saturated carbocycles. The summed E-state index contributed by atoms with van der Waals surface area (Å²) in [7, 11) is 0. The van der Waals surface area contributed by atoms with Crippen molar-refractivity contribution >= 4 is 0 Å². The van der Waals surface area contributed by atoms with Gasteiger partial charge in [-0.15, -0.1) is 0 Å². The lowest BCUT2D eigenvalue weighted by Crippen LogP contribution is -2.55. The molecule has 0 aromatic carbocycles. The molecule has 0 aromatic rings. The molecule has 3 fully saturated rings. The van der Waals surface area contributed by atoms with Crippen molar-refractivity contribution in [1.29, 1.82) is 0 Å². The predicted octanol–water partition coefficient (Wildman–Crippen LogP) is 2.10. The Morgan fingerprint density at radius 2 is 1.75 bits per heavy atom. The van der Waals surface area contributed by atoms with Gasteiger partial charge >= 0.3 is 0 Å². The van der Waals surface area contributed by atoms with Crippen LogP contribution in [0.3, 0.4) is 0 Å². The van der Waals surface area contributed by atoms with Crippen LogP contribution in [0.25, 0.3) is 0 Å². The second-order valence-corrected chi connectivity index (χ2v) is 6.45. The zero-order valence-electron chi connectivity index (χ0n) is 10.8. The largest absolute Gasteiger partial charge is 0.311 e. The van der Waals surface area contributed by atoms with Crippen molar-refractivity contribution in [3.05, 3.63) is 0 Å². The molecule has 2 unspecified atom stereocenters. The fraction of sp³-hybridized carbons (Fsp3) is 1.00. The lowest BCUT2D eigenvalue weighted by Gasteiger charge is -2.39. The maximum Gasteiger partial charge on any atom is 0.0193 e. The van der Waals surface area contributed by atoms with Gasteiger partial charge in [0.1, 0.15) is 0 Å². The first-order chi connectivity index (χ1) is 7.74. The van der Waals surface area contributed by atoms with Crippen molar-refractivity contribution in [3.8, 4) is 0 Å². The number of hydrogen-bond acceptors (Lipinski definition) is 2. The van der Waals surface area contributed by atoms with Gasteiger partial charge in [0.05, 0.1) is 0 Å². The van der Waals surface area contributed by atoms with Crippen LogP contribution in [0.4, 0.5) is 0 Å². The number of piperazine rings is 1. The molecular formula is C14H26N2. The van der Waals surface area contributed by atoms with Gasteiger partial charge in [-0.3, -0.25) is 4.90 Å². The van der Waals surface area contributed by atoms with Crippen LogP contribution < -0.4 is 5.32 Å². The number of hydrogen-bond donors (Lipinski definition) is 1. The average molecular weight is 222 g/mol. The van der Waals surface area contributed by atoms with Gasteiger partial charge < -0.3 is 5.32 Å². The normalized spacial score (nSPS) is 36.9. The van der Waals surface area contributed by atoms with Gasteiger partial charge in [0.2, 0.25) is 0 Å². The lowest BCUT2D eigenvalue weighted by atomic mass is 9.95. The highest BCUT2D eigenvalue weighted by Crippen LogP contribution is 2.49. The zero-order valence-corrected chi connectivity index (χ0v) is 10.8.